The molecule has 6 aromatic carbocycles. The van der Waals surface area contributed by atoms with Gasteiger partial charge in [0.2, 0.25) is 0 Å². The highest BCUT2D eigenvalue weighted by Gasteiger charge is 2.20. The Kier molecular flexibility index (Phi) is 6.63. The number of nitrogens with zero attached hydrogens (tertiary/aromatic N) is 1. The smallest absolute Gasteiger partial charge is 0.537 e. The minimum absolute atomic E-state index is 0.554. The Balaban J connectivity index is 1.58. The highest BCUT2D eigenvalue weighted by Crippen LogP contribution is 2.45. The fraction of sp³-hybridized carbons (Fsp3) is 0. The van der Waals surface area contributed by atoms with E-state index in [1.165, 1.54) is 16.3 Å². The van der Waals surface area contributed by atoms with Crippen LogP contribution in [0.4, 0.5) is 17.1 Å². The molecule has 0 saturated heterocycles. The second kappa shape index (κ2) is 10.7. The van der Waals surface area contributed by atoms with Crippen LogP contribution in [0, 0.1) is 0 Å². The van der Waals surface area contributed by atoms with Gasteiger partial charge in [0, 0.05) is 23.0 Å². The summed E-state index contributed by atoms with van der Waals surface area (Å²) in [5.41, 5.74) is 7.61. The van der Waals surface area contributed by atoms with Gasteiger partial charge in [-0.25, -0.2) is 0 Å². The molecule has 181 valence electrons. The lowest BCUT2D eigenvalue weighted by atomic mass is 9.95. The number of fused-ring (bicyclic) bond motifs is 1. The van der Waals surface area contributed by atoms with E-state index in [0.29, 0.717) is 13.4 Å². The Morgan fingerprint density at radius 2 is 1.18 bits per heavy atom. The second-order valence-electron chi connectivity index (χ2n) is 9.02. The van der Waals surface area contributed by atoms with Crippen LogP contribution >= 0.6 is 0 Å². The second-order valence-corrected chi connectivity index (χ2v) is 9.02. The first kappa shape index (κ1) is 23.6. The van der Waals surface area contributed by atoms with Crippen molar-refractivity contribution in [3.05, 3.63) is 146 Å². The van der Waals surface area contributed by atoms with Crippen LogP contribution in [0.2, 0.25) is 0 Å². The van der Waals surface area contributed by atoms with Crippen LogP contribution in [-0.2, 0) is 0 Å². The number of hydrogen-bond acceptors (Lipinski definition) is 3. The van der Waals surface area contributed by atoms with E-state index >= 15 is 0 Å². The van der Waals surface area contributed by atoms with Gasteiger partial charge in [0.05, 0.1) is 5.69 Å². The zero-order valence-electron chi connectivity index (χ0n) is 20.7. The predicted molar refractivity (Wildman–Crippen MR) is 158 cm³/mol. The zero-order chi connectivity index (χ0) is 25.7. The van der Waals surface area contributed by atoms with Crippen LogP contribution < -0.4 is 9.55 Å². The molecule has 0 aliphatic carbocycles. The molecule has 6 aromatic rings. The van der Waals surface area contributed by atoms with E-state index in [0.717, 1.165) is 33.8 Å². The first-order valence-corrected chi connectivity index (χ1v) is 12.6. The van der Waals surface area contributed by atoms with Crippen LogP contribution in [0.25, 0.3) is 33.0 Å². The van der Waals surface area contributed by atoms with Crippen LogP contribution in [0.15, 0.2) is 146 Å². The lowest BCUT2D eigenvalue weighted by Crippen LogP contribution is -2.12. The molecule has 0 heterocycles. The summed E-state index contributed by atoms with van der Waals surface area (Å²) in [6, 6.07) is 50.1. The molecule has 0 unspecified atom stereocenters. The molecule has 1 radical (unpaired) electrons. The van der Waals surface area contributed by atoms with E-state index < -0.39 is 0 Å². The fourth-order valence-corrected chi connectivity index (χ4v) is 4.97. The van der Waals surface area contributed by atoms with Crippen molar-refractivity contribution >= 4 is 35.5 Å². The Bertz CT molecular complexity index is 1670. The van der Waals surface area contributed by atoms with Gasteiger partial charge in [-0.2, -0.15) is 0 Å². The van der Waals surface area contributed by atoms with Crippen molar-refractivity contribution in [3.8, 4) is 28.0 Å². The molecule has 1 N–H and O–H groups in total. The molecule has 38 heavy (non-hydrogen) atoms. The molecular weight excluding hydrogens is 465 g/mol. The first-order chi connectivity index (χ1) is 18.8. The summed E-state index contributed by atoms with van der Waals surface area (Å²) in [7, 11) is 0.712. The molecule has 0 fully saturated rings. The average Bonchev–Trinajstić information content (AvgIpc) is 2.99. The van der Waals surface area contributed by atoms with Gasteiger partial charge in [0.1, 0.15) is 5.75 Å². The highest BCUT2D eigenvalue weighted by molar-refractivity contribution is 6.17. The van der Waals surface area contributed by atoms with Gasteiger partial charge >= 0.3 is 7.69 Å². The van der Waals surface area contributed by atoms with Gasteiger partial charge in [-0.1, -0.05) is 109 Å². The van der Waals surface area contributed by atoms with E-state index in [1.54, 1.807) is 0 Å². The molecule has 0 aromatic heterocycles. The summed E-state index contributed by atoms with van der Waals surface area (Å²) in [6.07, 6.45) is 0. The van der Waals surface area contributed by atoms with Gasteiger partial charge in [-0.3, -0.25) is 0 Å². The maximum Gasteiger partial charge on any atom is 0.569 e. The van der Waals surface area contributed by atoms with Gasteiger partial charge in [0.25, 0.3) is 0 Å². The monoisotopic (exact) mass is 490 g/mol. The summed E-state index contributed by atoms with van der Waals surface area (Å²) >= 11 is 0. The van der Waals surface area contributed by atoms with E-state index in [1.807, 2.05) is 30.3 Å². The van der Waals surface area contributed by atoms with Crippen molar-refractivity contribution in [1.82, 2.24) is 0 Å². The average molecular weight is 490 g/mol. The molecule has 6 rings (SSSR count). The lowest BCUT2D eigenvalue weighted by Gasteiger charge is -2.29. The maximum absolute atomic E-state index is 9.27. The number of rotatable bonds is 7. The SMILES string of the molecule is O[B]Oc1cccc(N(c2ccc(-c3ccccc3)cc2)c2ccc3ccccc3c2-c2ccccc2)c1. The van der Waals surface area contributed by atoms with Gasteiger partial charge in [-0.15, -0.1) is 0 Å². The molecule has 0 amide bonds. The van der Waals surface area contributed by atoms with Gasteiger partial charge in [-0.05, 0) is 57.8 Å². The molecule has 0 saturated carbocycles. The summed E-state index contributed by atoms with van der Waals surface area (Å²) in [5.74, 6) is 0.554. The molecular formula is C34H25BNO2. The Labute approximate surface area is 223 Å². The van der Waals surface area contributed by atoms with Crippen molar-refractivity contribution < 1.29 is 9.68 Å². The van der Waals surface area contributed by atoms with Crippen LogP contribution in [0.1, 0.15) is 0 Å². The van der Waals surface area contributed by atoms with E-state index in [-0.39, 0.29) is 0 Å². The maximum atomic E-state index is 9.27. The largest absolute Gasteiger partial charge is 0.569 e. The molecule has 3 nitrogen and oxygen atoms in total. The quantitative estimate of drug-likeness (QED) is 0.228. The highest BCUT2D eigenvalue weighted by atomic mass is 16.5. The van der Waals surface area contributed by atoms with E-state index in [4.69, 9.17) is 4.65 Å². The zero-order valence-corrected chi connectivity index (χ0v) is 20.7. The summed E-state index contributed by atoms with van der Waals surface area (Å²) < 4.78 is 5.33. The molecule has 0 bridgehead atoms. The third kappa shape index (κ3) is 4.65. The van der Waals surface area contributed by atoms with E-state index in [2.05, 4.69) is 120 Å². The lowest BCUT2D eigenvalue weighted by molar-refractivity contribution is 0.454. The molecule has 0 spiro atoms. The molecule has 4 heteroatoms. The van der Waals surface area contributed by atoms with Crippen molar-refractivity contribution in [3.63, 3.8) is 0 Å². The van der Waals surface area contributed by atoms with Crippen LogP contribution in [-0.4, -0.2) is 12.7 Å². The molecule has 0 aliphatic heterocycles. The number of anilines is 3. The minimum atomic E-state index is 0.554. The topological polar surface area (TPSA) is 32.7 Å². The first-order valence-electron chi connectivity index (χ1n) is 12.6. The third-order valence-corrected chi connectivity index (χ3v) is 6.71. The van der Waals surface area contributed by atoms with Crippen molar-refractivity contribution in [2.75, 3.05) is 4.90 Å². The summed E-state index contributed by atoms with van der Waals surface area (Å²) in [6.45, 7) is 0. The Hall–Kier alpha value is -4.80. The normalized spacial score (nSPS) is 10.8. The Morgan fingerprint density at radius 3 is 1.92 bits per heavy atom. The van der Waals surface area contributed by atoms with E-state index in [9.17, 15) is 5.02 Å². The summed E-state index contributed by atoms with van der Waals surface area (Å²) in [4.78, 5) is 2.24. The standard InChI is InChI=1S/C34H25BNO2/c37-35-38-31-16-9-15-30(24-31)36(29-21-18-26(19-22-29)25-10-3-1-4-11-25)33-23-20-27-12-7-8-17-32(27)34(33)28-13-5-2-6-14-28/h1-24,37H. The van der Waals surface area contributed by atoms with Crippen molar-refractivity contribution in [2.24, 2.45) is 0 Å². The number of benzene rings is 6. The summed E-state index contributed by atoms with van der Waals surface area (Å²) in [5, 5.41) is 11.6. The van der Waals surface area contributed by atoms with Gasteiger partial charge in [0.15, 0.2) is 0 Å². The fourth-order valence-electron chi connectivity index (χ4n) is 4.97. The van der Waals surface area contributed by atoms with Crippen molar-refractivity contribution in [1.29, 1.82) is 0 Å². The van der Waals surface area contributed by atoms with Gasteiger partial charge < -0.3 is 14.6 Å². The molecule has 0 aliphatic rings. The molecule has 0 atom stereocenters. The predicted octanol–water partition coefficient (Wildman–Crippen LogP) is 8.55. The Morgan fingerprint density at radius 1 is 0.526 bits per heavy atom. The number of hydrogen-bond donors (Lipinski definition) is 1. The van der Waals surface area contributed by atoms with Crippen LogP contribution in [0.3, 0.4) is 0 Å². The van der Waals surface area contributed by atoms with Crippen molar-refractivity contribution in [2.45, 2.75) is 0 Å². The van der Waals surface area contributed by atoms with Crippen LogP contribution in [0.5, 0.6) is 5.75 Å². The third-order valence-electron chi connectivity index (χ3n) is 6.71. The minimum Gasteiger partial charge on any atom is -0.537 e.